The smallest absolute Gasteiger partial charge is 0.296 e. The summed E-state index contributed by atoms with van der Waals surface area (Å²) in [7, 11) is 0. The molecule has 20 heavy (non-hydrogen) atoms. The molecule has 0 bridgehead atoms. The molecule has 0 aromatic carbocycles. The Hall–Kier alpha value is -1.91. The van der Waals surface area contributed by atoms with Crippen LogP contribution in [-0.4, -0.2) is 14.7 Å². The number of pyridine rings is 1. The molecular weight excluding hydrogens is 254 g/mol. The average Bonchev–Trinajstić information content (AvgIpc) is 2.83. The van der Waals surface area contributed by atoms with Gasteiger partial charge in [-0.05, 0) is 30.9 Å². The first-order valence-electron chi connectivity index (χ1n) is 7.28. The predicted molar refractivity (Wildman–Crippen MR) is 74.4 cm³/mol. The minimum atomic E-state index is -0.346. The van der Waals surface area contributed by atoms with Gasteiger partial charge in [0.1, 0.15) is 0 Å². The maximum absolute atomic E-state index is 11.8. The molecule has 2 aromatic heterocycles. The van der Waals surface area contributed by atoms with Gasteiger partial charge in [0.05, 0.1) is 6.42 Å². The summed E-state index contributed by atoms with van der Waals surface area (Å²) in [6.07, 6.45) is 8.52. The van der Waals surface area contributed by atoms with Gasteiger partial charge in [-0.15, -0.1) is 0 Å². The molecule has 2 heterocycles. The molecule has 5 nitrogen and oxygen atoms in total. The number of hydrogen-bond donors (Lipinski definition) is 0. The van der Waals surface area contributed by atoms with Crippen LogP contribution in [-0.2, 0) is 13.0 Å². The van der Waals surface area contributed by atoms with Gasteiger partial charge in [0.2, 0.25) is 0 Å². The van der Waals surface area contributed by atoms with Crippen molar-refractivity contribution in [3.63, 3.8) is 0 Å². The molecule has 2 aromatic rings. The standard InChI is InChI=1S/C15H19N3O2/c19-15-18(11-12-6-2-1-3-7-12)14(17-20-15)10-13-8-4-5-9-16-13/h4-5,8-9,12H,1-3,6-7,10-11H2. The minimum absolute atomic E-state index is 0.346. The Kier molecular flexibility index (Phi) is 3.95. The number of rotatable bonds is 4. The summed E-state index contributed by atoms with van der Waals surface area (Å²) in [5, 5.41) is 3.91. The SMILES string of the molecule is O=c1onc(Cc2ccccn2)n1CC1CCCCC1. The molecule has 0 saturated heterocycles. The second-order valence-corrected chi connectivity index (χ2v) is 5.48. The van der Waals surface area contributed by atoms with Crippen LogP contribution < -0.4 is 5.76 Å². The van der Waals surface area contributed by atoms with Crippen LogP contribution in [0, 0.1) is 5.92 Å². The van der Waals surface area contributed by atoms with E-state index in [1.807, 2.05) is 18.2 Å². The predicted octanol–water partition coefficient (Wildman–Crippen LogP) is 2.40. The summed E-state index contributed by atoms with van der Waals surface area (Å²) < 4.78 is 6.52. The van der Waals surface area contributed by atoms with Crippen molar-refractivity contribution in [2.24, 2.45) is 5.92 Å². The molecule has 1 aliphatic rings. The van der Waals surface area contributed by atoms with Gasteiger partial charge in [0, 0.05) is 18.4 Å². The van der Waals surface area contributed by atoms with Gasteiger partial charge in [-0.2, -0.15) is 0 Å². The topological polar surface area (TPSA) is 60.9 Å². The molecular formula is C15H19N3O2. The summed E-state index contributed by atoms with van der Waals surface area (Å²) in [5.41, 5.74) is 0.901. The molecule has 3 rings (SSSR count). The Morgan fingerprint density at radius 3 is 2.85 bits per heavy atom. The van der Waals surface area contributed by atoms with Crippen molar-refractivity contribution in [3.05, 3.63) is 46.5 Å². The lowest BCUT2D eigenvalue weighted by Gasteiger charge is -2.21. The molecule has 1 fully saturated rings. The molecule has 0 amide bonds. The van der Waals surface area contributed by atoms with Gasteiger partial charge >= 0.3 is 5.76 Å². The highest BCUT2D eigenvalue weighted by molar-refractivity contribution is 5.09. The lowest BCUT2D eigenvalue weighted by molar-refractivity contribution is 0.303. The third kappa shape index (κ3) is 2.98. The van der Waals surface area contributed by atoms with E-state index in [-0.39, 0.29) is 5.76 Å². The van der Waals surface area contributed by atoms with Gasteiger partial charge in [-0.1, -0.05) is 30.5 Å². The summed E-state index contributed by atoms with van der Waals surface area (Å²) in [6.45, 7) is 0.727. The molecule has 0 unspecified atom stereocenters. The van der Waals surface area contributed by atoms with Crippen molar-refractivity contribution in [2.45, 2.75) is 45.1 Å². The van der Waals surface area contributed by atoms with E-state index in [0.717, 1.165) is 12.2 Å². The first-order valence-corrected chi connectivity index (χ1v) is 7.28. The van der Waals surface area contributed by atoms with E-state index in [9.17, 15) is 4.79 Å². The zero-order valence-electron chi connectivity index (χ0n) is 11.5. The van der Waals surface area contributed by atoms with E-state index in [1.54, 1.807) is 10.8 Å². The van der Waals surface area contributed by atoms with E-state index in [0.29, 0.717) is 18.2 Å². The second-order valence-electron chi connectivity index (χ2n) is 5.48. The van der Waals surface area contributed by atoms with Crippen LogP contribution in [0.2, 0.25) is 0 Å². The van der Waals surface area contributed by atoms with Gasteiger partial charge in [0.15, 0.2) is 5.82 Å². The highest BCUT2D eigenvalue weighted by Crippen LogP contribution is 2.25. The Morgan fingerprint density at radius 2 is 2.10 bits per heavy atom. The zero-order chi connectivity index (χ0) is 13.8. The van der Waals surface area contributed by atoms with Crippen LogP contribution >= 0.6 is 0 Å². The van der Waals surface area contributed by atoms with Crippen molar-refractivity contribution in [3.8, 4) is 0 Å². The molecule has 1 aliphatic carbocycles. The fraction of sp³-hybridized carbons (Fsp3) is 0.533. The summed E-state index contributed by atoms with van der Waals surface area (Å²) >= 11 is 0. The Balaban J connectivity index is 1.76. The fourth-order valence-electron chi connectivity index (χ4n) is 2.90. The van der Waals surface area contributed by atoms with E-state index in [2.05, 4.69) is 10.1 Å². The maximum atomic E-state index is 11.8. The quantitative estimate of drug-likeness (QED) is 0.858. The van der Waals surface area contributed by atoms with Crippen molar-refractivity contribution >= 4 is 0 Å². The molecule has 0 N–H and O–H groups in total. The van der Waals surface area contributed by atoms with Gasteiger partial charge in [0.25, 0.3) is 0 Å². The zero-order valence-corrected chi connectivity index (χ0v) is 11.5. The average molecular weight is 273 g/mol. The Morgan fingerprint density at radius 1 is 1.25 bits per heavy atom. The number of hydrogen-bond acceptors (Lipinski definition) is 4. The van der Waals surface area contributed by atoms with Crippen LogP contribution in [0.15, 0.2) is 33.7 Å². The highest BCUT2D eigenvalue weighted by Gasteiger charge is 2.19. The largest absolute Gasteiger partial charge is 0.441 e. The van der Waals surface area contributed by atoms with E-state index >= 15 is 0 Å². The van der Waals surface area contributed by atoms with Crippen molar-refractivity contribution in [2.75, 3.05) is 0 Å². The molecule has 0 aliphatic heterocycles. The van der Waals surface area contributed by atoms with E-state index in [1.165, 1.54) is 32.1 Å². The molecule has 1 saturated carbocycles. The summed E-state index contributed by atoms with van der Waals surface area (Å²) in [6, 6.07) is 5.75. The van der Waals surface area contributed by atoms with Crippen LogP contribution in [0.5, 0.6) is 0 Å². The van der Waals surface area contributed by atoms with Crippen LogP contribution in [0.4, 0.5) is 0 Å². The minimum Gasteiger partial charge on any atom is -0.296 e. The van der Waals surface area contributed by atoms with Crippen LogP contribution in [0.25, 0.3) is 0 Å². The Labute approximate surface area is 117 Å². The maximum Gasteiger partial charge on any atom is 0.441 e. The van der Waals surface area contributed by atoms with Gasteiger partial charge in [-0.3, -0.25) is 14.1 Å². The lowest BCUT2D eigenvalue weighted by atomic mass is 9.89. The third-order valence-electron chi connectivity index (χ3n) is 3.99. The first kappa shape index (κ1) is 13.1. The molecule has 106 valence electrons. The normalized spacial score (nSPS) is 16.4. The van der Waals surface area contributed by atoms with Gasteiger partial charge in [-0.25, -0.2) is 4.79 Å². The molecule has 0 radical (unpaired) electrons. The molecule has 0 spiro atoms. The third-order valence-corrected chi connectivity index (χ3v) is 3.99. The molecule has 0 atom stereocenters. The highest BCUT2D eigenvalue weighted by atomic mass is 16.5. The van der Waals surface area contributed by atoms with Crippen molar-refractivity contribution < 1.29 is 4.52 Å². The Bertz CT molecular complexity index is 597. The van der Waals surface area contributed by atoms with Crippen molar-refractivity contribution in [1.29, 1.82) is 0 Å². The fourth-order valence-corrected chi connectivity index (χ4v) is 2.90. The summed E-state index contributed by atoms with van der Waals surface area (Å²) in [5.74, 6) is 0.907. The van der Waals surface area contributed by atoms with Gasteiger partial charge < -0.3 is 0 Å². The van der Waals surface area contributed by atoms with Crippen LogP contribution in [0.3, 0.4) is 0 Å². The second kappa shape index (κ2) is 6.03. The van der Waals surface area contributed by atoms with Crippen LogP contribution in [0.1, 0.15) is 43.6 Å². The first-order chi connectivity index (χ1) is 9.83. The lowest BCUT2D eigenvalue weighted by Crippen LogP contribution is -2.23. The van der Waals surface area contributed by atoms with E-state index < -0.39 is 0 Å². The summed E-state index contributed by atoms with van der Waals surface area (Å²) in [4.78, 5) is 16.1. The monoisotopic (exact) mass is 273 g/mol. The van der Waals surface area contributed by atoms with Crippen molar-refractivity contribution in [1.82, 2.24) is 14.7 Å². The number of nitrogens with zero attached hydrogens (tertiary/aromatic N) is 3. The number of aromatic nitrogens is 3. The molecule has 5 heteroatoms. The van der Waals surface area contributed by atoms with E-state index in [4.69, 9.17) is 4.52 Å².